The Morgan fingerprint density at radius 2 is 1.91 bits per heavy atom. The van der Waals surface area contributed by atoms with Gasteiger partial charge in [0.25, 0.3) is 0 Å². The van der Waals surface area contributed by atoms with Gasteiger partial charge < -0.3 is 4.74 Å². The van der Waals surface area contributed by atoms with Gasteiger partial charge in [0.05, 0.1) is 10.5 Å². The Kier molecular flexibility index (Phi) is 4.90. The second-order valence-corrected chi connectivity index (χ2v) is 7.01. The number of primary sulfonamides is 1. The predicted molar refractivity (Wildman–Crippen MR) is 86.2 cm³/mol. The van der Waals surface area contributed by atoms with Crippen molar-refractivity contribution >= 4 is 28.1 Å². The first kappa shape index (κ1) is 16.5. The van der Waals surface area contributed by atoms with Gasteiger partial charge in [-0.2, -0.15) is 0 Å². The molecule has 0 atom stereocenters. The predicted octanol–water partition coefficient (Wildman–Crippen LogP) is 2.97. The number of thioether (sulfide) groups is 1. The molecule has 0 aliphatic heterocycles. The molecule has 2 N–H and O–H groups in total. The van der Waals surface area contributed by atoms with E-state index in [4.69, 9.17) is 9.88 Å². The first-order valence-corrected chi connectivity index (χ1v) is 9.07. The first-order chi connectivity index (χ1) is 10.3. The van der Waals surface area contributed by atoms with Gasteiger partial charge in [0.15, 0.2) is 6.29 Å². The zero-order valence-electron chi connectivity index (χ0n) is 12.1. The molecule has 2 rings (SSSR count). The summed E-state index contributed by atoms with van der Waals surface area (Å²) in [4.78, 5) is 12.1. The highest BCUT2D eigenvalue weighted by Gasteiger charge is 2.13. The van der Waals surface area contributed by atoms with Crippen molar-refractivity contribution < 1.29 is 17.9 Å². The third kappa shape index (κ3) is 3.68. The minimum atomic E-state index is -3.86. The Morgan fingerprint density at radius 1 is 1.18 bits per heavy atom. The molecule has 0 radical (unpaired) electrons. The molecule has 0 saturated carbocycles. The van der Waals surface area contributed by atoms with Gasteiger partial charge in [-0.25, -0.2) is 13.6 Å². The topological polar surface area (TPSA) is 86.5 Å². The van der Waals surface area contributed by atoms with Crippen LogP contribution in [0.1, 0.15) is 15.9 Å². The summed E-state index contributed by atoms with van der Waals surface area (Å²) < 4.78 is 28.3. The summed E-state index contributed by atoms with van der Waals surface area (Å²) in [5, 5.41) is 5.05. The van der Waals surface area contributed by atoms with Crippen LogP contribution in [0.15, 0.2) is 46.2 Å². The fourth-order valence-electron chi connectivity index (χ4n) is 1.93. The van der Waals surface area contributed by atoms with Crippen LogP contribution in [0.4, 0.5) is 0 Å². The van der Waals surface area contributed by atoms with E-state index in [-0.39, 0.29) is 16.2 Å². The van der Waals surface area contributed by atoms with Gasteiger partial charge in [0.1, 0.15) is 11.5 Å². The van der Waals surface area contributed by atoms with Crippen LogP contribution in [0.2, 0.25) is 0 Å². The number of sulfonamides is 1. The minimum Gasteiger partial charge on any atom is -0.457 e. The molecule has 0 fully saturated rings. The highest BCUT2D eigenvalue weighted by Crippen LogP contribution is 2.30. The van der Waals surface area contributed by atoms with Gasteiger partial charge in [0, 0.05) is 4.90 Å². The molecule has 0 aliphatic rings. The van der Waals surface area contributed by atoms with Gasteiger partial charge in [-0.15, -0.1) is 11.8 Å². The summed E-state index contributed by atoms with van der Waals surface area (Å²) in [6, 6.07) is 9.49. The Balaban J connectivity index is 2.37. The molecular weight excluding hydrogens is 322 g/mol. The summed E-state index contributed by atoms with van der Waals surface area (Å²) in [7, 11) is -3.86. The van der Waals surface area contributed by atoms with Gasteiger partial charge >= 0.3 is 0 Å². The molecule has 5 nitrogen and oxygen atoms in total. The van der Waals surface area contributed by atoms with E-state index < -0.39 is 10.0 Å². The number of rotatable bonds is 5. The number of hydrogen-bond acceptors (Lipinski definition) is 5. The monoisotopic (exact) mass is 337 g/mol. The number of nitrogens with two attached hydrogens (primary N) is 1. The summed E-state index contributed by atoms with van der Waals surface area (Å²) in [5.41, 5.74) is 1.18. The van der Waals surface area contributed by atoms with Crippen LogP contribution in [-0.2, 0) is 10.0 Å². The fraction of sp³-hybridized carbons (Fsp3) is 0.133. The van der Waals surface area contributed by atoms with Crippen molar-refractivity contribution in [3.63, 3.8) is 0 Å². The number of aryl methyl sites for hydroxylation is 1. The zero-order valence-corrected chi connectivity index (χ0v) is 13.7. The maximum atomic E-state index is 11.3. The Labute approximate surface area is 133 Å². The molecule has 0 spiro atoms. The first-order valence-electron chi connectivity index (χ1n) is 6.29. The standard InChI is InChI=1S/C15H15NO4S2/c1-10-7-12(3-6-15(10)21-2)20-14-5-4-13(22(16,18)19)8-11(14)9-17/h3-9H,1-2H3,(H2,16,18,19). The van der Waals surface area contributed by atoms with Crippen LogP contribution < -0.4 is 9.88 Å². The Morgan fingerprint density at radius 3 is 2.45 bits per heavy atom. The minimum absolute atomic E-state index is 0.123. The van der Waals surface area contributed by atoms with E-state index in [1.54, 1.807) is 17.8 Å². The molecule has 2 aromatic rings. The van der Waals surface area contributed by atoms with Crippen LogP contribution in [-0.4, -0.2) is 21.0 Å². The van der Waals surface area contributed by atoms with Crippen molar-refractivity contribution in [3.05, 3.63) is 47.5 Å². The Bertz CT molecular complexity index is 816. The molecule has 0 saturated heterocycles. The third-order valence-electron chi connectivity index (χ3n) is 3.03. The molecule has 7 heteroatoms. The van der Waals surface area contributed by atoms with E-state index in [1.165, 1.54) is 18.2 Å². The van der Waals surface area contributed by atoms with E-state index in [1.807, 2.05) is 25.3 Å². The van der Waals surface area contributed by atoms with E-state index in [9.17, 15) is 13.2 Å². The van der Waals surface area contributed by atoms with Crippen LogP contribution >= 0.6 is 11.8 Å². The van der Waals surface area contributed by atoms with Gasteiger partial charge in [-0.05, 0) is 55.1 Å². The molecule has 0 aliphatic carbocycles. The van der Waals surface area contributed by atoms with E-state index in [0.717, 1.165) is 10.5 Å². The average molecular weight is 337 g/mol. The SMILES string of the molecule is CSc1ccc(Oc2ccc(S(N)(=O)=O)cc2C=O)cc1C. The van der Waals surface area contributed by atoms with Crippen LogP contribution in [0.25, 0.3) is 0 Å². The zero-order chi connectivity index (χ0) is 16.3. The lowest BCUT2D eigenvalue weighted by Gasteiger charge is -2.11. The average Bonchev–Trinajstić information content (AvgIpc) is 2.46. The van der Waals surface area contributed by atoms with Crippen molar-refractivity contribution in [2.45, 2.75) is 16.7 Å². The molecule has 0 bridgehead atoms. The highest BCUT2D eigenvalue weighted by molar-refractivity contribution is 7.98. The van der Waals surface area contributed by atoms with E-state index >= 15 is 0 Å². The lowest BCUT2D eigenvalue weighted by atomic mass is 10.2. The summed E-state index contributed by atoms with van der Waals surface area (Å²) >= 11 is 1.63. The van der Waals surface area contributed by atoms with Crippen LogP contribution in [0.5, 0.6) is 11.5 Å². The molecule has 0 unspecified atom stereocenters. The maximum Gasteiger partial charge on any atom is 0.238 e. The molecule has 0 amide bonds. The van der Waals surface area contributed by atoms with Crippen molar-refractivity contribution in [2.24, 2.45) is 5.14 Å². The molecule has 116 valence electrons. The maximum absolute atomic E-state index is 11.3. The van der Waals surface area contributed by atoms with Gasteiger partial charge in [-0.3, -0.25) is 4.79 Å². The number of carbonyl (C=O) groups excluding carboxylic acids is 1. The largest absolute Gasteiger partial charge is 0.457 e. The van der Waals surface area contributed by atoms with E-state index in [2.05, 4.69) is 0 Å². The molecule has 2 aromatic carbocycles. The van der Waals surface area contributed by atoms with Gasteiger partial charge in [-0.1, -0.05) is 0 Å². The lowest BCUT2D eigenvalue weighted by Crippen LogP contribution is -2.12. The summed E-state index contributed by atoms with van der Waals surface area (Å²) in [5.74, 6) is 0.848. The quantitative estimate of drug-likeness (QED) is 0.669. The summed E-state index contributed by atoms with van der Waals surface area (Å²) in [6.45, 7) is 1.96. The molecule has 0 aromatic heterocycles. The lowest BCUT2D eigenvalue weighted by molar-refractivity contribution is 0.112. The van der Waals surface area contributed by atoms with Crippen LogP contribution in [0.3, 0.4) is 0 Å². The van der Waals surface area contributed by atoms with Gasteiger partial charge in [0.2, 0.25) is 10.0 Å². The highest BCUT2D eigenvalue weighted by atomic mass is 32.2. The molecular formula is C15H15NO4S2. The Hall–Kier alpha value is -1.83. The second kappa shape index (κ2) is 6.51. The molecule has 22 heavy (non-hydrogen) atoms. The van der Waals surface area contributed by atoms with Crippen molar-refractivity contribution in [2.75, 3.05) is 6.26 Å². The summed E-state index contributed by atoms with van der Waals surface area (Å²) in [6.07, 6.45) is 2.52. The van der Waals surface area contributed by atoms with Crippen LogP contribution in [0, 0.1) is 6.92 Å². The van der Waals surface area contributed by atoms with Crippen molar-refractivity contribution in [1.29, 1.82) is 0 Å². The number of ether oxygens (including phenoxy) is 1. The normalized spacial score (nSPS) is 11.2. The number of aldehydes is 1. The van der Waals surface area contributed by atoms with Crippen molar-refractivity contribution in [1.82, 2.24) is 0 Å². The number of carbonyl (C=O) groups is 1. The van der Waals surface area contributed by atoms with Crippen molar-refractivity contribution in [3.8, 4) is 11.5 Å². The van der Waals surface area contributed by atoms with E-state index in [0.29, 0.717) is 12.0 Å². The number of hydrogen-bond donors (Lipinski definition) is 1. The molecule has 0 heterocycles. The smallest absolute Gasteiger partial charge is 0.238 e. The fourth-order valence-corrected chi connectivity index (χ4v) is 3.06. The second-order valence-electron chi connectivity index (χ2n) is 4.60. The number of benzene rings is 2. The third-order valence-corrected chi connectivity index (χ3v) is 4.84.